The topological polar surface area (TPSA) is 33.1 Å². The van der Waals surface area contributed by atoms with E-state index in [1.165, 1.54) is 50.9 Å². The summed E-state index contributed by atoms with van der Waals surface area (Å²) in [5.41, 5.74) is 2.48. The van der Waals surface area contributed by atoms with Crippen molar-refractivity contribution < 1.29 is 0 Å². The molecular weight excluding hydrogens is 248 g/mol. The van der Waals surface area contributed by atoms with Crippen LogP contribution in [0.25, 0.3) is 0 Å². The van der Waals surface area contributed by atoms with Gasteiger partial charge >= 0.3 is 0 Å². The molecule has 1 fully saturated rings. The van der Waals surface area contributed by atoms with E-state index >= 15 is 0 Å². The third-order valence-electron chi connectivity index (χ3n) is 4.42. The highest BCUT2D eigenvalue weighted by Gasteiger charge is 2.21. The first-order chi connectivity index (χ1) is 9.60. The van der Waals surface area contributed by atoms with Crippen molar-refractivity contribution in [3.05, 3.63) is 17.5 Å². The van der Waals surface area contributed by atoms with Crippen molar-refractivity contribution in [2.45, 2.75) is 58.5 Å². The maximum Gasteiger partial charge on any atom is 0.0641 e. The van der Waals surface area contributed by atoms with E-state index in [-0.39, 0.29) is 0 Å². The van der Waals surface area contributed by atoms with Gasteiger partial charge in [-0.05, 0) is 52.7 Å². The van der Waals surface area contributed by atoms with Gasteiger partial charge in [-0.15, -0.1) is 0 Å². The van der Waals surface area contributed by atoms with Crippen molar-refractivity contribution >= 4 is 0 Å². The lowest BCUT2D eigenvalue weighted by atomic mass is 10.0. The molecule has 1 N–H and O–H groups in total. The van der Waals surface area contributed by atoms with Crippen LogP contribution in [-0.4, -0.2) is 40.4 Å². The zero-order valence-corrected chi connectivity index (χ0v) is 13.5. The average molecular weight is 278 g/mol. The fraction of sp³-hybridized carbons (Fsp3) is 0.812. The van der Waals surface area contributed by atoms with Crippen LogP contribution in [-0.2, 0) is 7.05 Å². The number of nitrogens with zero attached hydrogens (tertiary/aromatic N) is 3. The van der Waals surface area contributed by atoms with Crippen LogP contribution >= 0.6 is 0 Å². The highest BCUT2D eigenvalue weighted by Crippen LogP contribution is 2.19. The van der Waals surface area contributed by atoms with Crippen molar-refractivity contribution in [1.82, 2.24) is 20.0 Å². The normalized spacial score (nSPS) is 19.4. The molecule has 0 spiro atoms. The highest BCUT2D eigenvalue weighted by atomic mass is 15.3. The van der Waals surface area contributed by atoms with E-state index in [4.69, 9.17) is 0 Å². The summed E-state index contributed by atoms with van der Waals surface area (Å²) < 4.78 is 1.91. The van der Waals surface area contributed by atoms with E-state index in [9.17, 15) is 0 Å². The summed E-state index contributed by atoms with van der Waals surface area (Å²) in [4.78, 5) is 2.61. The molecule has 0 aromatic carbocycles. The Balaban J connectivity index is 1.79. The van der Waals surface area contributed by atoms with Gasteiger partial charge in [0.1, 0.15) is 0 Å². The number of likely N-dealkylation sites (tertiary alicyclic amines) is 1. The Morgan fingerprint density at radius 2 is 2.10 bits per heavy atom. The van der Waals surface area contributed by atoms with E-state index in [0.29, 0.717) is 12.1 Å². The summed E-state index contributed by atoms with van der Waals surface area (Å²) in [5, 5.41) is 8.23. The Hall–Kier alpha value is -0.870. The molecule has 0 bridgehead atoms. The summed E-state index contributed by atoms with van der Waals surface area (Å²) in [6.45, 7) is 10.4. The smallest absolute Gasteiger partial charge is 0.0641 e. The van der Waals surface area contributed by atoms with Crippen molar-refractivity contribution in [3.63, 3.8) is 0 Å². The van der Waals surface area contributed by atoms with Crippen LogP contribution in [0.1, 0.15) is 56.8 Å². The van der Waals surface area contributed by atoms with Gasteiger partial charge in [0, 0.05) is 30.9 Å². The molecule has 1 aliphatic rings. The molecule has 0 amide bonds. The SMILES string of the molecule is CCCCN1CCC(NC(C)c2cn(C)nc2C)CC1. The Kier molecular flexibility index (Phi) is 5.61. The van der Waals surface area contributed by atoms with E-state index < -0.39 is 0 Å². The third-order valence-corrected chi connectivity index (χ3v) is 4.42. The van der Waals surface area contributed by atoms with Gasteiger partial charge in [0.2, 0.25) is 0 Å². The lowest BCUT2D eigenvalue weighted by Gasteiger charge is -2.33. The molecule has 2 heterocycles. The predicted molar refractivity (Wildman–Crippen MR) is 83.9 cm³/mol. The van der Waals surface area contributed by atoms with Crippen LogP contribution in [0, 0.1) is 6.92 Å². The minimum atomic E-state index is 0.399. The van der Waals surface area contributed by atoms with Crippen molar-refractivity contribution in [1.29, 1.82) is 0 Å². The highest BCUT2D eigenvalue weighted by molar-refractivity contribution is 5.19. The van der Waals surface area contributed by atoms with Crippen LogP contribution in [0.5, 0.6) is 0 Å². The Morgan fingerprint density at radius 1 is 1.40 bits per heavy atom. The molecule has 1 aromatic heterocycles. The molecule has 4 heteroatoms. The number of nitrogens with one attached hydrogen (secondary N) is 1. The number of aryl methyl sites for hydroxylation is 2. The average Bonchev–Trinajstić information content (AvgIpc) is 2.77. The van der Waals surface area contributed by atoms with Crippen LogP contribution < -0.4 is 5.32 Å². The number of aromatic nitrogens is 2. The van der Waals surface area contributed by atoms with Gasteiger partial charge < -0.3 is 10.2 Å². The van der Waals surface area contributed by atoms with Gasteiger partial charge in [-0.25, -0.2) is 0 Å². The molecule has 0 saturated carbocycles. The number of piperidine rings is 1. The van der Waals surface area contributed by atoms with Crippen LogP contribution in [0.4, 0.5) is 0 Å². The minimum Gasteiger partial charge on any atom is -0.307 e. The number of unbranched alkanes of at least 4 members (excludes halogenated alkanes) is 1. The van der Waals surface area contributed by atoms with E-state index in [1.54, 1.807) is 0 Å². The Bertz CT molecular complexity index is 405. The Morgan fingerprint density at radius 3 is 2.65 bits per heavy atom. The van der Waals surface area contributed by atoms with Gasteiger partial charge in [-0.1, -0.05) is 13.3 Å². The van der Waals surface area contributed by atoms with Gasteiger partial charge in [-0.3, -0.25) is 4.68 Å². The number of rotatable bonds is 6. The van der Waals surface area contributed by atoms with E-state index in [0.717, 1.165) is 5.69 Å². The lowest BCUT2D eigenvalue weighted by Crippen LogP contribution is -2.43. The second-order valence-corrected chi connectivity index (χ2v) is 6.20. The molecule has 1 atom stereocenters. The standard InChI is InChI=1S/C16H30N4/c1-5-6-9-20-10-7-15(8-11-20)17-13(2)16-12-19(4)18-14(16)3/h12-13,15,17H,5-11H2,1-4H3. The quantitative estimate of drug-likeness (QED) is 0.868. The van der Waals surface area contributed by atoms with Crippen molar-refractivity contribution in [2.75, 3.05) is 19.6 Å². The van der Waals surface area contributed by atoms with Crippen molar-refractivity contribution in [3.8, 4) is 0 Å². The van der Waals surface area contributed by atoms with E-state index in [2.05, 4.69) is 42.3 Å². The first-order valence-electron chi connectivity index (χ1n) is 8.08. The van der Waals surface area contributed by atoms with Gasteiger partial charge in [0.15, 0.2) is 0 Å². The fourth-order valence-corrected chi connectivity index (χ4v) is 3.19. The number of hydrogen-bond donors (Lipinski definition) is 1. The summed E-state index contributed by atoms with van der Waals surface area (Å²) >= 11 is 0. The van der Waals surface area contributed by atoms with Crippen LogP contribution in [0.2, 0.25) is 0 Å². The lowest BCUT2D eigenvalue weighted by molar-refractivity contribution is 0.190. The summed E-state index contributed by atoms with van der Waals surface area (Å²) in [6, 6.07) is 1.05. The zero-order valence-electron chi connectivity index (χ0n) is 13.5. The summed E-state index contributed by atoms with van der Waals surface area (Å²) in [5.74, 6) is 0. The van der Waals surface area contributed by atoms with Gasteiger partial charge in [-0.2, -0.15) is 5.10 Å². The van der Waals surface area contributed by atoms with Crippen LogP contribution in [0.3, 0.4) is 0 Å². The molecule has 0 aliphatic carbocycles. The second kappa shape index (κ2) is 7.23. The molecule has 4 nitrogen and oxygen atoms in total. The second-order valence-electron chi connectivity index (χ2n) is 6.20. The van der Waals surface area contributed by atoms with Crippen molar-refractivity contribution in [2.24, 2.45) is 7.05 Å². The molecule has 20 heavy (non-hydrogen) atoms. The van der Waals surface area contributed by atoms with E-state index in [1.807, 2.05) is 11.7 Å². The first-order valence-corrected chi connectivity index (χ1v) is 8.08. The maximum atomic E-state index is 4.44. The maximum absolute atomic E-state index is 4.44. The first kappa shape index (κ1) is 15.5. The largest absolute Gasteiger partial charge is 0.307 e. The molecule has 1 unspecified atom stereocenters. The fourth-order valence-electron chi connectivity index (χ4n) is 3.19. The van der Waals surface area contributed by atoms with Gasteiger partial charge in [0.25, 0.3) is 0 Å². The van der Waals surface area contributed by atoms with Gasteiger partial charge in [0.05, 0.1) is 5.69 Å². The molecule has 1 aromatic rings. The third kappa shape index (κ3) is 4.06. The Labute approximate surface area is 123 Å². The number of hydrogen-bond acceptors (Lipinski definition) is 3. The molecule has 2 rings (SSSR count). The molecule has 1 aliphatic heterocycles. The van der Waals surface area contributed by atoms with Crippen LogP contribution in [0.15, 0.2) is 6.20 Å². The molecule has 114 valence electrons. The monoisotopic (exact) mass is 278 g/mol. The minimum absolute atomic E-state index is 0.399. The molecule has 0 radical (unpaired) electrons. The molecular formula is C16H30N4. The summed E-state index contributed by atoms with van der Waals surface area (Å²) in [7, 11) is 2.00. The zero-order chi connectivity index (χ0) is 14.5. The molecule has 1 saturated heterocycles. The predicted octanol–water partition coefficient (Wildman–Crippen LogP) is 2.64. The summed E-state index contributed by atoms with van der Waals surface area (Å²) in [6.07, 6.45) is 7.32.